The molecule has 1 atom stereocenters. The van der Waals surface area contributed by atoms with Gasteiger partial charge in [-0.3, -0.25) is 9.59 Å². The molecule has 0 spiro atoms. The Morgan fingerprint density at radius 2 is 1.88 bits per heavy atom. The number of rotatable bonds is 6. The number of benzene rings is 2. The number of hydrogen-bond donors (Lipinski definition) is 1. The molecule has 7 heteroatoms. The largest absolute Gasteiger partial charge is 0.452 e. The summed E-state index contributed by atoms with van der Waals surface area (Å²) in [5.41, 5.74) is 0.604. The SMILES string of the molecule is C[C@H](OC(=O)CSc1ccccc1F)C(=O)Nc1ccc(Br)cc1. The molecule has 0 radical (unpaired) electrons. The number of nitrogens with one attached hydrogen (secondary N) is 1. The van der Waals surface area contributed by atoms with Crippen molar-refractivity contribution in [2.45, 2.75) is 17.9 Å². The monoisotopic (exact) mass is 411 g/mol. The number of amides is 1. The fourth-order valence-electron chi connectivity index (χ4n) is 1.76. The lowest BCUT2D eigenvalue weighted by molar-refractivity contribution is -0.150. The third-order valence-corrected chi connectivity index (χ3v) is 4.52. The van der Waals surface area contributed by atoms with E-state index in [2.05, 4.69) is 21.2 Å². The van der Waals surface area contributed by atoms with Crippen LogP contribution in [0.15, 0.2) is 57.9 Å². The van der Waals surface area contributed by atoms with Crippen molar-refractivity contribution in [3.8, 4) is 0 Å². The molecule has 1 N–H and O–H groups in total. The van der Waals surface area contributed by atoms with Crippen molar-refractivity contribution in [3.05, 3.63) is 58.8 Å². The molecule has 0 unspecified atom stereocenters. The summed E-state index contributed by atoms with van der Waals surface area (Å²) < 4.78 is 19.4. The van der Waals surface area contributed by atoms with E-state index in [1.54, 1.807) is 42.5 Å². The van der Waals surface area contributed by atoms with Crippen molar-refractivity contribution in [1.29, 1.82) is 0 Å². The van der Waals surface area contributed by atoms with Crippen LogP contribution in [0.2, 0.25) is 0 Å². The molecule has 4 nitrogen and oxygen atoms in total. The van der Waals surface area contributed by atoms with Gasteiger partial charge in [-0.05, 0) is 43.3 Å². The van der Waals surface area contributed by atoms with Gasteiger partial charge in [0.25, 0.3) is 5.91 Å². The van der Waals surface area contributed by atoms with Crippen LogP contribution in [0.25, 0.3) is 0 Å². The van der Waals surface area contributed by atoms with Crippen LogP contribution < -0.4 is 5.32 Å². The van der Waals surface area contributed by atoms with E-state index in [4.69, 9.17) is 4.74 Å². The van der Waals surface area contributed by atoms with Gasteiger partial charge < -0.3 is 10.1 Å². The molecule has 2 aromatic carbocycles. The Balaban J connectivity index is 1.81. The standard InChI is InChI=1S/C17H15BrFNO3S/c1-11(17(22)20-13-8-6-12(18)7-9-13)23-16(21)10-24-15-5-3-2-4-14(15)19/h2-9,11H,10H2,1H3,(H,20,22)/t11-/m0/s1. The maximum atomic E-state index is 13.5. The second-order valence-electron chi connectivity index (χ2n) is 4.85. The number of thioether (sulfide) groups is 1. The second-order valence-corrected chi connectivity index (χ2v) is 6.78. The average molecular weight is 412 g/mol. The lowest BCUT2D eigenvalue weighted by atomic mass is 10.3. The number of ether oxygens (including phenoxy) is 1. The summed E-state index contributed by atoms with van der Waals surface area (Å²) >= 11 is 4.33. The van der Waals surface area contributed by atoms with Gasteiger partial charge in [0.2, 0.25) is 0 Å². The van der Waals surface area contributed by atoms with Crippen LogP contribution >= 0.6 is 27.7 Å². The first-order valence-electron chi connectivity index (χ1n) is 7.09. The third-order valence-electron chi connectivity index (χ3n) is 2.97. The Hall–Kier alpha value is -1.86. The first-order valence-corrected chi connectivity index (χ1v) is 8.87. The summed E-state index contributed by atoms with van der Waals surface area (Å²) in [6, 6.07) is 13.2. The zero-order valence-electron chi connectivity index (χ0n) is 12.8. The van der Waals surface area contributed by atoms with E-state index in [0.717, 1.165) is 16.2 Å². The molecule has 2 rings (SSSR count). The van der Waals surface area contributed by atoms with Crippen LogP contribution in [0.5, 0.6) is 0 Å². The van der Waals surface area contributed by atoms with Gasteiger partial charge >= 0.3 is 5.97 Å². The fourth-order valence-corrected chi connectivity index (χ4v) is 2.75. The number of carbonyl (C=O) groups excluding carboxylic acids is 2. The van der Waals surface area contributed by atoms with E-state index in [9.17, 15) is 14.0 Å². The fraction of sp³-hybridized carbons (Fsp3) is 0.176. The molecule has 0 heterocycles. The minimum Gasteiger partial charge on any atom is -0.452 e. The van der Waals surface area contributed by atoms with Gasteiger partial charge in [-0.15, -0.1) is 11.8 Å². The highest BCUT2D eigenvalue weighted by Gasteiger charge is 2.18. The van der Waals surface area contributed by atoms with Gasteiger partial charge in [-0.25, -0.2) is 4.39 Å². The molecule has 0 saturated heterocycles. The van der Waals surface area contributed by atoms with E-state index in [-0.39, 0.29) is 5.75 Å². The average Bonchev–Trinajstić information content (AvgIpc) is 2.56. The lowest BCUT2D eigenvalue weighted by Crippen LogP contribution is -2.30. The van der Waals surface area contributed by atoms with Gasteiger partial charge in [-0.2, -0.15) is 0 Å². The number of anilines is 1. The minimum absolute atomic E-state index is 0.0726. The molecule has 24 heavy (non-hydrogen) atoms. The number of hydrogen-bond acceptors (Lipinski definition) is 4. The predicted octanol–water partition coefficient (Wildman–Crippen LogP) is 4.25. The maximum Gasteiger partial charge on any atom is 0.317 e. The molecule has 0 aliphatic carbocycles. The Morgan fingerprint density at radius 3 is 2.54 bits per heavy atom. The van der Waals surface area contributed by atoms with E-state index >= 15 is 0 Å². The maximum absolute atomic E-state index is 13.5. The zero-order valence-corrected chi connectivity index (χ0v) is 15.2. The molecule has 1 amide bonds. The highest BCUT2D eigenvalue weighted by molar-refractivity contribution is 9.10. The molecular weight excluding hydrogens is 397 g/mol. The highest BCUT2D eigenvalue weighted by Crippen LogP contribution is 2.21. The van der Waals surface area contributed by atoms with E-state index in [0.29, 0.717) is 10.6 Å². The first-order chi connectivity index (χ1) is 11.5. The quantitative estimate of drug-likeness (QED) is 0.570. The van der Waals surface area contributed by atoms with Crippen molar-refractivity contribution in [2.24, 2.45) is 0 Å². The highest BCUT2D eigenvalue weighted by atomic mass is 79.9. The summed E-state index contributed by atoms with van der Waals surface area (Å²) in [5.74, 6) is -1.48. The van der Waals surface area contributed by atoms with Crippen molar-refractivity contribution < 1.29 is 18.7 Å². The van der Waals surface area contributed by atoms with Crippen LogP contribution in [0.3, 0.4) is 0 Å². The van der Waals surface area contributed by atoms with Gasteiger partial charge in [0.05, 0.1) is 5.75 Å². The Bertz CT molecular complexity index is 724. The summed E-state index contributed by atoms with van der Waals surface area (Å²) in [7, 11) is 0. The van der Waals surface area contributed by atoms with Crippen molar-refractivity contribution in [2.75, 3.05) is 11.1 Å². The van der Waals surface area contributed by atoms with E-state index < -0.39 is 23.8 Å². The Morgan fingerprint density at radius 1 is 1.21 bits per heavy atom. The van der Waals surface area contributed by atoms with Gasteiger partial charge in [0.15, 0.2) is 6.10 Å². The molecule has 0 saturated carbocycles. The van der Waals surface area contributed by atoms with E-state index in [1.165, 1.54) is 13.0 Å². The van der Waals surface area contributed by atoms with Crippen molar-refractivity contribution in [3.63, 3.8) is 0 Å². The third kappa shape index (κ3) is 5.65. The van der Waals surface area contributed by atoms with Gasteiger partial charge in [0, 0.05) is 15.1 Å². The summed E-state index contributed by atoms with van der Waals surface area (Å²) in [6.07, 6.45) is -0.942. The predicted molar refractivity (Wildman–Crippen MR) is 95.4 cm³/mol. The molecule has 0 aromatic heterocycles. The number of carbonyl (C=O) groups is 2. The smallest absolute Gasteiger partial charge is 0.317 e. The van der Waals surface area contributed by atoms with Crippen LogP contribution in [-0.2, 0) is 14.3 Å². The Kier molecular flexibility index (Phi) is 6.81. The van der Waals surface area contributed by atoms with Crippen LogP contribution in [0.1, 0.15) is 6.92 Å². The topological polar surface area (TPSA) is 55.4 Å². The Labute approximate surface area is 151 Å². The number of halogens is 2. The molecular formula is C17H15BrFNO3S. The lowest BCUT2D eigenvalue weighted by Gasteiger charge is -2.13. The molecule has 2 aromatic rings. The van der Waals surface area contributed by atoms with Gasteiger partial charge in [0.1, 0.15) is 5.82 Å². The van der Waals surface area contributed by atoms with Crippen LogP contribution in [-0.4, -0.2) is 23.7 Å². The van der Waals surface area contributed by atoms with E-state index in [1.807, 2.05) is 0 Å². The zero-order chi connectivity index (χ0) is 17.5. The molecule has 0 bridgehead atoms. The summed E-state index contributed by atoms with van der Waals surface area (Å²) in [6.45, 7) is 1.49. The van der Waals surface area contributed by atoms with Crippen LogP contribution in [0, 0.1) is 5.82 Å². The first kappa shape index (κ1) is 18.5. The van der Waals surface area contributed by atoms with Crippen molar-refractivity contribution in [1.82, 2.24) is 0 Å². The molecule has 126 valence electrons. The number of esters is 1. The molecule has 0 aliphatic heterocycles. The van der Waals surface area contributed by atoms with Gasteiger partial charge in [-0.1, -0.05) is 28.1 Å². The van der Waals surface area contributed by atoms with Crippen LogP contribution in [0.4, 0.5) is 10.1 Å². The molecule has 0 aliphatic rings. The summed E-state index contributed by atoms with van der Waals surface area (Å²) in [5, 5.41) is 2.65. The summed E-state index contributed by atoms with van der Waals surface area (Å²) in [4.78, 5) is 24.1. The molecule has 0 fully saturated rings. The minimum atomic E-state index is -0.942. The second kappa shape index (κ2) is 8.84. The van der Waals surface area contributed by atoms with Crippen molar-refractivity contribution >= 4 is 45.3 Å². The normalized spacial score (nSPS) is 11.6.